The van der Waals surface area contributed by atoms with Crippen LogP contribution in [0.5, 0.6) is 0 Å². The van der Waals surface area contributed by atoms with E-state index in [1.54, 1.807) is 11.3 Å². The Hall–Kier alpha value is -1.20. The molecule has 0 bridgehead atoms. The average Bonchev–Trinajstić information content (AvgIpc) is 2.63. The summed E-state index contributed by atoms with van der Waals surface area (Å²) in [4.78, 5) is 11.1. The third-order valence-electron chi connectivity index (χ3n) is 3.55. The lowest BCUT2D eigenvalue weighted by atomic mass is 10.1. The number of anilines is 1. The zero-order valence-electron chi connectivity index (χ0n) is 12.2. The van der Waals surface area contributed by atoms with Crippen molar-refractivity contribution in [3.63, 3.8) is 0 Å². The maximum Gasteiger partial charge on any atom is 0.158 e. The van der Waals surface area contributed by atoms with E-state index in [4.69, 9.17) is 10.5 Å². The van der Waals surface area contributed by atoms with Crippen LogP contribution in [0.3, 0.4) is 0 Å². The number of fused-ring (bicyclic) bond motifs is 1. The van der Waals surface area contributed by atoms with Crippen LogP contribution in [0.25, 0.3) is 10.2 Å². The van der Waals surface area contributed by atoms with E-state index >= 15 is 0 Å². The monoisotopic (exact) mass is 279 g/mol. The summed E-state index contributed by atoms with van der Waals surface area (Å²) in [5.41, 5.74) is 7.06. The van der Waals surface area contributed by atoms with Crippen molar-refractivity contribution in [2.75, 3.05) is 5.73 Å². The maximum absolute atomic E-state index is 6.04. The highest BCUT2D eigenvalue weighted by molar-refractivity contribution is 7.18. The van der Waals surface area contributed by atoms with Gasteiger partial charge in [-0.05, 0) is 39.7 Å². The minimum absolute atomic E-state index is 0.158. The van der Waals surface area contributed by atoms with Gasteiger partial charge in [-0.2, -0.15) is 0 Å². The fraction of sp³-hybridized carbons (Fsp3) is 0.571. The molecule has 0 saturated carbocycles. The molecule has 0 spiro atoms. The van der Waals surface area contributed by atoms with Crippen LogP contribution >= 0.6 is 11.3 Å². The molecule has 19 heavy (non-hydrogen) atoms. The first kappa shape index (κ1) is 14.2. The van der Waals surface area contributed by atoms with Gasteiger partial charge in [-0.3, -0.25) is 0 Å². The van der Waals surface area contributed by atoms with Gasteiger partial charge in [0.2, 0.25) is 0 Å². The molecule has 0 aliphatic carbocycles. The van der Waals surface area contributed by atoms with Gasteiger partial charge in [0.1, 0.15) is 17.3 Å². The third-order valence-corrected chi connectivity index (χ3v) is 4.65. The molecule has 0 unspecified atom stereocenters. The summed E-state index contributed by atoms with van der Waals surface area (Å²) in [5, 5.41) is 0.987. The van der Waals surface area contributed by atoms with E-state index in [1.165, 1.54) is 10.4 Å². The molecule has 2 aromatic rings. The zero-order valence-corrected chi connectivity index (χ0v) is 13.0. The molecule has 0 atom stereocenters. The highest BCUT2D eigenvalue weighted by Crippen LogP contribution is 2.32. The largest absolute Gasteiger partial charge is 0.383 e. The number of ether oxygens (including phenoxy) is 1. The van der Waals surface area contributed by atoms with Crippen LogP contribution in [0, 0.1) is 13.8 Å². The summed E-state index contributed by atoms with van der Waals surface area (Å²) < 4.78 is 5.83. The smallest absolute Gasteiger partial charge is 0.158 e. The fourth-order valence-electron chi connectivity index (χ4n) is 1.75. The van der Waals surface area contributed by atoms with E-state index in [2.05, 4.69) is 44.6 Å². The van der Waals surface area contributed by atoms with E-state index in [0.29, 0.717) is 18.2 Å². The van der Waals surface area contributed by atoms with Gasteiger partial charge in [-0.15, -0.1) is 11.3 Å². The van der Waals surface area contributed by atoms with Gasteiger partial charge >= 0.3 is 0 Å². The van der Waals surface area contributed by atoms with Crippen LogP contribution in [0.2, 0.25) is 0 Å². The van der Waals surface area contributed by atoms with Gasteiger partial charge in [0.05, 0.1) is 11.0 Å². The number of rotatable bonds is 4. The minimum Gasteiger partial charge on any atom is -0.383 e. The van der Waals surface area contributed by atoms with Crippen LogP contribution in [-0.2, 0) is 11.3 Å². The molecule has 104 valence electrons. The zero-order chi connectivity index (χ0) is 14.2. The first-order valence-corrected chi connectivity index (χ1v) is 7.31. The number of hydrogen-bond donors (Lipinski definition) is 1. The summed E-state index contributed by atoms with van der Waals surface area (Å²) in [5.74, 6) is 1.22. The highest BCUT2D eigenvalue weighted by Gasteiger charge is 2.17. The number of nitrogens with two attached hydrogens (primary N) is 1. The summed E-state index contributed by atoms with van der Waals surface area (Å²) in [7, 11) is 0. The van der Waals surface area contributed by atoms with Gasteiger partial charge in [-0.1, -0.05) is 6.92 Å². The third kappa shape index (κ3) is 2.87. The van der Waals surface area contributed by atoms with Gasteiger partial charge in [0, 0.05) is 4.88 Å². The highest BCUT2D eigenvalue weighted by atomic mass is 32.1. The predicted molar refractivity (Wildman–Crippen MR) is 80.5 cm³/mol. The summed E-state index contributed by atoms with van der Waals surface area (Å²) in [6, 6.07) is 0. The van der Waals surface area contributed by atoms with E-state index < -0.39 is 0 Å². The Kier molecular flexibility index (Phi) is 3.78. The van der Waals surface area contributed by atoms with Crippen LogP contribution < -0.4 is 5.73 Å². The Balaban J connectivity index is 2.31. The van der Waals surface area contributed by atoms with Crippen LogP contribution in [0.15, 0.2) is 0 Å². The van der Waals surface area contributed by atoms with Crippen molar-refractivity contribution in [2.45, 2.75) is 53.2 Å². The molecule has 2 heterocycles. The van der Waals surface area contributed by atoms with Crippen molar-refractivity contribution < 1.29 is 4.74 Å². The second-order valence-electron chi connectivity index (χ2n) is 5.39. The number of nitrogens with zero attached hydrogens (tertiary/aromatic N) is 2. The van der Waals surface area contributed by atoms with Crippen molar-refractivity contribution in [1.29, 1.82) is 0 Å². The molecule has 5 heteroatoms. The molecule has 0 amide bonds. The van der Waals surface area contributed by atoms with Gasteiger partial charge in [-0.25, -0.2) is 9.97 Å². The Morgan fingerprint density at radius 3 is 2.58 bits per heavy atom. The van der Waals surface area contributed by atoms with Crippen molar-refractivity contribution in [3.8, 4) is 0 Å². The normalized spacial score (nSPS) is 12.3. The van der Waals surface area contributed by atoms with Crippen molar-refractivity contribution in [1.82, 2.24) is 9.97 Å². The number of nitrogen functional groups attached to an aromatic ring is 1. The number of hydrogen-bond acceptors (Lipinski definition) is 5. The average molecular weight is 279 g/mol. The van der Waals surface area contributed by atoms with E-state index in [0.717, 1.165) is 16.6 Å². The van der Waals surface area contributed by atoms with Crippen molar-refractivity contribution in [3.05, 3.63) is 16.3 Å². The second kappa shape index (κ2) is 5.06. The molecule has 0 radical (unpaired) electrons. The molecule has 0 saturated heterocycles. The van der Waals surface area contributed by atoms with Crippen molar-refractivity contribution >= 4 is 27.4 Å². The summed E-state index contributed by atoms with van der Waals surface area (Å²) in [6.45, 7) is 10.8. The minimum atomic E-state index is -0.158. The van der Waals surface area contributed by atoms with E-state index in [1.807, 2.05) is 0 Å². The van der Waals surface area contributed by atoms with Gasteiger partial charge < -0.3 is 10.5 Å². The van der Waals surface area contributed by atoms with Crippen LogP contribution in [-0.4, -0.2) is 15.6 Å². The maximum atomic E-state index is 6.04. The van der Waals surface area contributed by atoms with Crippen LogP contribution in [0.1, 0.15) is 43.5 Å². The number of aryl methyl sites for hydroxylation is 2. The predicted octanol–water partition coefficient (Wildman–Crippen LogP) is 3.60. The number of aromatic nitrogens is 2. The van der Waals surface area contributed by atoms with E-state index in [-0.39, 0.29) is 5.60 Å². The molecule has 2 rings (SSSR count). The molecular formula is C14H21N3OS. The lowest BCUT2D eigenvalue weighted by Crippen LogP contribution is -2.23. The molecule has 0 aromatic carbocycles. The standard InChI is InChI=1S/C14H21N3OS/c1-6-14(4,5)18-7-10-16-12(15)11-8(2)9(3)19-13(11)17-10/h6-7H2,1-5H3,(H2,15,16,17). The van der Waals surface area contributed by atoms with Crippen LogP contribution in [0.4, 0.5) is 5.82 Å². The number of thiophene rings is 1. The molecule has 0 fully saturated rings. The van der Waals surface area contributed by atoms with E-state index in [9.17, 15) is 0 Å². The Bertz CT molecular complexity index is 604. The molecule has 0 aliphatic rings. The molecular weight excluding hydrogens is 258 g/mol. The quantitative estimate of drug-likeness (QED) is 0.929. The lowest BCUT2D eigenvalue weighted by Gasteiger charge is -2.22. The first-order valence-electron chi connectivity index (χ1n) is 6.50. The molecule has 4 nitrogen and oxygen atoms in total. The Morgan fingerprint density at radius 2 is 1.95 bits per heavy atom. The molecule has 0 aliphatic heterocycles. The summed E-state index contributed by atoms with van der Waals surface area (Å²) in [6.07, 6.45) is 0.946. The second-order valence-corrected chi connectivity index (χ2v) is 6.59. The first-order chi connectivity index (χ1) is 8.84. The summed E-state index contributed by atoms with van der Waals surface area (Å²) >= 11 is 1.66. The Labute approximate surface area is 118 Å². The van der Waals surface area contributed by atoms with Crippen molar-refractivity contribution in [2.24, 2.45) is 0 Å². The topological polar surface area (TPSA) is 61.0 Å². The Morgan fingerprint density at radius 1 is 1.26 bits per heavy atom. The van der Waals surface area contributed by atoms with Gasteiger partial charge in [0.25, 0.3) is 0 Å². The fourth-order valence-corrected chi connectivity index (χ4v) is 2.81. The van der Waals surface area contributed by atoms with Gasteiger partial charge in [0.15, 0.2) is 5.82 Å². The molecule has 2 aromatic heterocycles. The lowest BCUT2D eigenvalue weighted by molar-refractivity contribution is -0.0343. The SMILES string of the molecule is CCC(C)(C)OCc1nc(N)c2c(C)c(C)sc2n1. The molecule has 2 N–H and O–H groups in total.